The molecule has 5 heteroatoms. The Bertz CT molecular complexity index is 646. The number of aliphatic hydroxyl groups is 1. The Morgan fingerprint density at radius 2 is 1.86 bits per heavy atom. The van der Waals surface area contributed by atoms with Crippen LogP contribution in [0.1, 0.15) is 28.4 Å². The molecule has 0 saturated carbocycles. The van der Waals surface area contributed by atoms with Crippen LogP contribution in [-0.2, 0) is 0 Å². The lowest BCUT2D eigenvalue weighted by Crippen LogP contribution is -2.32. The molecule has 116 valence electrons. The predicted octanol–water partition coefficient (Wildman–Crippen LogP) is 3.16. The highest BCUT2D eigenvalue weighted by Gasteiger charge is 2.24. The van der Waals surface area contributed by atoms with Gasteiger partial charge in [0.25, 0.3) is 5.91 Å². The standard InChI is InChI=1S/C17H17F2NO2/c1-20(16(9-10-21)12-5-3-2-4-6-12)17(22)14-8-7-13(18)11-15(14)19/h2-8,11,16,21H,9-10H2,1H3. The number of hydrogen-bond acceptors (Lipinski definition) is 2. The number of carbonyl (C=O) groups excluding carboxylic acids is 1. The van der Waals surface area contributed by atoms with Crippen molar-refractivity contribution in [1.29, 1.82) is 0 Å². The van der Waals surface area contributed by atoms with E-state index in [4.69, 9.17) is 0 Å². The van der Waals surface area contributed by atoms with Crippen molar-refractivity contribution >= 4 is 5.91 Å². The molecule has 0 radical (unpaired) electrons. The molecular weight excluding hydrogens is 288 g/mol. The first kappa shape index (κ1) is 16.1. The summed E-state index contributed by atoms with van der Waals surface area (Å²) in [5.41, 5.74) is 0.651. The van der Waals surface area contributed by atoms with Gasteiger partial charge in [0.1, 0.15) is 11.6 Å². The van der Waals surface area contributed by atoms with Crippen LogP contribution >= 0.6 is 0 Å². The van der Waals surface area contributed by atoms with Gasteiger partial charge in [-0.2, -0.15) is 0 Å². The number of halogens is 2. The smallest absolute Gasteiger partial charge is 0.257 e. The molecule has 3 nitrogen and oxygen atoms in total. The Kier molecular flexibility index (Phi) is 5.22. The fourth-order valence-corrected chi connectivity index (χ4v) is 2.38. The average molecular weight is 305 g/mol. The Labute approximate surface area is 127 Å². The van der Waals surface area contributed by atoms with Crippen LogP contribution in [-0.4, -0.2) is 29.6 Å². The normalized spacial score (nSPS) is 12.0. The lowest BCUT2D eigenvalue weighted by Gasteiger charge is -2.28. The molecule has 0 saturated heterocycles. The molecule has 0 aromatic heterocycles. The number of amides is 1. The molecule has 1 unspecified atom stereocenters. The summed E-state index contributed by atoms with van der Waals surface area (Å²) in [5.74, 6) is -2.18. The lowest BCUT2D eigenvalue weighted by molar-refractivity contribution is 0.0700. The van der Waals surface area contributed by atoms with E-state index in [2.05, 4.69) is 0 Å². The van der Waals surface area contributed by atoms with Gasteiger partial charge in [-0.3, -0.25) is 4.79 Å². The van der Waals surface area contributed by atoms with Gasteiger partial charge >= 0.3 is 0 Å². The van der Waals surface area contributed by atoms with Crippen molar-refractivity contribution < 1.29 is 18.7 Å². The molecule has 0 aliphatic rings. The van der Waals surface area contributed by atoms with Crippen molar-refractivity contribution in [2.24, 2.45) is 0 Å². The number of hydrogen-bond donors (Lipinski definition) is 1. The van der Waals surface area contributed by atoms with Crippen LogP contribution in [0.5, 0.6) is 0 Å². The van der Waals surface area contributed by atoms with Gasteiger partial charge in [-0.15, -0.1) is 0 Å². The molecule has 0 aliphatic carbocycles. The van der Waals surface area contributed by atoms with Crippen LogP contribution in [0.15, 0.2) is 48.5 Å². The number of rotatable bonds is 5. The summed E-state index contributed by atoms with van der Waals surface area (Å²) in [5, 5.41) is 9.23. The first-order valence-corrected chi connectivity index (χ1v) is 6.92. The average Bonchev–Trinajstić information content (AvgIpc) is 2.52. The van der Waals surface area contributed by atoms with E-state index in [0.29, 0.717) is 12.5 Å². The van der Waals surface area contributed by atoms with Crippen molar-refractivity contribution in [2.45, 2.75) is 12.5 Å². The molecule has 22 heavy (non-hydrogen) atoms. The molecule has 2 aromatic rings. The second-order valence-electron chi connectivity index (χ2n) is 4.98. The maximum Gasteiger partial charge on any atom is 0.257 e. The second kappa shape index (κ2) is 7.13. The van der Waals surface area contributed by atoms with Crippen molar-refractivity contribution in [2.75, 3.05) is 13.7 Å². The Hall–Kier alpha value is -2.27. The van der Waals surface area contributed by atoms with Gasteiger partial charge in [-0.05, 0) is 24.1 Å². The monoisotopic (exact) mass is 305 g/mol. The van der Waals surface area contributed by atoms with Crippen LogP contribution in [0.3, 0.4) is 0 Å². The van der Waals surface area contributed by atoms with Gasteiger partial charge in [0.05, 0.1) is 11.6 Å². The largest absolute Gasteiger partial charge is 0.396 e. The molecular formula is C17H17F2NO2. The van der Waals surface area contributed by atoms with Crippen LogP contribution in [0.25, 0.3) is 0 Å². The van der Waals surface area contributed by atoms with E-state index in [1.807, 2.05) is 30.3 Å². The van der Waals surface area contributed by atoms with Gasteiger partial charge in [-0.25, -0.2) is 8.78 Å². The van der Waals surface area contributed by atoms with E-state index < -0.39 is 17.5 Å². The van der Waals surface area contributed by atoms with Crippen LogP contribution in [0, 0.1) is 11.6 Å². The maximum atomic E-state index is 13.8. The third-order valence-electron chi connectivity index (χ3n) is 3.54. The summed E-state index contributed by atoms with van der Waals surface area (Å²) in [6.45, 7) is -0.108. The SMILES string of the molecule is CN(C(=O)c1ccc(F)cc1F)C(CCO)c1ccccc1. The molecule has 2 aromatic carbocycles. The van der Waals surface area contributed by atoms with Gasteiger partial charge < -0.3 is 10.0 Å². The predicted molar refractivity (Wildman–Crippen MR) is 79.3 cm³/mol. The zero-order chi connectivity index (χ0) is 16.1. The molecule has 1 atom stereocenters. The minimum absolute atomic E-state index is 0.108. The van der Waals surface area contributed by atoms with Crippen molar-refractivity contribution in [3.63, 3.8) is 0 Å². The van der Waals surface area contributed by atoms with Crippen molar-refractivity contribution in [3.8, 4) is 0 Å². The zero-order valence-electron chi connectivity index (χ0n) is 12.2. The quantitative estimate of drug-likeness (QED) is 0.922. The maximum absolute atomic E-state index is 13.8. The third kappa shape index (κ3) is 3.49. The molecule has 0 spiro atoms. The summed E-state index contributed by atoms with van der Waals surface area (Å²) in [7, 11) is 1.54. The molecule has 2 rings (SSSR count). The fraction of sp³-hybridized carbons (Fsp3) is 0.235. The summed E-state index contributed by atoms with van der Waals surface area (Å²) < 4.78 is 26.7. The highest BCUT2D eigenvalue weighted by atomic mass is 19.1. The van der Waals surface area contributed by atoms with Gasteiger partial charge in [0.2, 0.25) is 0 Å². The van der Waals surface area contributed by atoms with Crippen LogP contribution in [0.4, 0.5) is 8.78 Å². The van der Waals surface area contributed by atoms with Crippen LogP contribution < -0.4 is 0 Å². The fourth-order valence-electron chi connectivity index (χ4n) is 2.38. The molecule has 0 heterocycles. The van der Waals surface area contributed by atoms with E-state index in [-0.39, 0.29) is 18.2 Å². The Morgan fingerprint density at radius 3 is 2.45 bits per heavy atom. The highest BCUT2D eigenvalue weighted by molar-refractivity contribution is 5.94. The van der Waals surface area contributed by atoms with E-state index in [1.54, 1.807) is 7.05 Å². The van der Waals surface area contributed by atoms with Gasteiger partial charge in [-0.1, -0.05) is 30.3 Å². The molecule has 0 aliphatic heterocycles. The second-order valence-corrected chi connectivity index (χ2v) is 4.98. The topological polar surface area (TPSA) is 40.5 Å². The number of benzene rings is 2. The van der Waals surface area contributed by atoms with Gasteiger partial charge in [0.15, 0.2) is 0 Å². The molecule has 0 fully saturated rings. The summed E-state index contributed by atoms with van der Waals surface area (Å²) >= 11 is 0. The summed E-state index contributed by atoms with van der Waals surface area (Å²) in [6, 6.07) is 11.7. The van der Waals surface area contributed by atoms with E-state index in [1.165, 1.54) is 4.90 Å². The van der Waals surface area contributed by atoms with Gasteiger partial charge in [0, 0.05) is 19.7 Å². The summed E-state index contributed by atoms with van der Waals surface area (Å²) in [4.78, 5) is 13.8. The number of nitrogens with zero attached hydrogens (tertiary/aromatic N) is 1. The molecule has 1 amide bonds. The first-order valence-electron chi connectivity index (χ1n) is 6.92. The minimum atomic E-state index is -0.896. The van der Waals surface area contributed by atoms with E-state index in [0.717, 1.165) is 17.7 Å². The third-order valence-corrected chi connectivity index (χ3v) is 3.54. The van der Waals surface area contributed by atoms with Crippen LogP contribution in [0.2, 0.25) is 0 Å². The van der Waals surface area contributed by atoms with E-state index in [9.17, 15) is 18.7 Å². The Morgan fingerprint density at radius 1 is 1.18 bits per heavy atom. The van der Waals surface area contributed by atoms with E-state index >= 15 is 0 Å². The van der Waals surface area contributed by atoms with Crippen molar-refractivity contribution in [1.82, 2.24) is 4.90 Å². The minimum Gasteiger partial charge on any atom is -0.396 e. The highest BCUT2D eigenvalue weighted by Crippen LogP contribution is 2.25. The zero-order valence-corrected chi connectivity index (χ0v) is 12.2. The molecule has 0 bridgehead atoms. The first-order chi connectivity index (χ1) is 10.5. The lowest BCUT2D eigenvalue weighted by atomic mass is 10.0. The number of aliphatic hydroxyl groups excluding tert-OH is 1. The van der Waals surface area contributed by atoms with Crippen molar-refractivity contribution in [3.05, 3.63) is 71.3 Å². The molecule has 1 N–H and O–H groups in total. The summed E-state index contributed by atoms with van der Waals surface area (Å²) in [6.07, 6.45) is 0.328. The Balaban J connectivity index is 2.30. The number of carbonyl (C=O) groups is 1.